The zero-order chi connectivity index (χ0) is 6.70. The Morgan fingerprint density at radius 1 is 1.33 bits per heavy atom. The first-order valence-corrected chi connectivity index (χ1v) is 4.08. The summed E-state index contributed by atoms with van der Waals surface area (Å²) in [5.74, 6) is 1.03. The molecule has 2 aliphatic rings. The van der Waals surface area contributed by atoms with Gasteiger partial charge in [0.15, 0.2) is 0 Å². The smallest absolute Gasteiger partial charge is 0.0215 e. The molecular formula is C9H16. The Morgan fingerprint density at radius 2 is 1.89 bits per heavy atom. The SMILES string of the molecule is CC1CCC12CC2(C)C. The van der Waals surface area contributed by atoms with Gasteiger partial charge in [-0.2, -0.15) is 0 Å². The van der Waals surface area contributed by atoms with Crippen molar-refractivity contribution >= 4 is 0 Å². The van der Waals surface area contributed by atoms with Crippen LogP contribution in [0.25, 0.3) is 0 Å². The third kappa shape index (κ3) is 0.461. The lowest BCUT2D eigenvalue weighted by atomic mass is 9.67. The molecule has 2 unspecified atom stereocenters. The van der Waals surface area contributed by atoms with Gasteiger partial charge in [-0.15, -0.1) is 0 Å². The summed E-state index contributed by atoms with van der Waals surface area (Å²) in [4.78, 5) is 0. The van der Waals surface area contributed by atoms with Crippen LogP contribution in [0, 0.1) is 16.7 Å². The van der Waals surface area contributed by atoms with Crippen molar-refractivity contribution in [2.24, 2.45) is 16.7 Å². The van der Waals surface area contributed by atoms with Gasteiger partial charge in [0.1, 0.15) is 0 Å². The van der Waals surface area contributed by atoms with E-state index < -0.39 is 0 Å². The van der Waals surface area contributed by atoms with E-state index in [2.05, 4.69) is 20.8 Å². The topological polar surface area (TPSA) is 0 Å². The molecule has 1 spiro atoms. The first-order chi connectivity index (χ1) is 4.08. The molecule has 9 heavy (non-hydrogen) atoms. The maximum absolute atomic E-state index is 2.42. The van der Waals surface area contributed by atoms with Gasteiger partial charge in [0, 0.05) is 0 Å². The molecule has 2 rings (SSSR count). The van der Waals surface area contributed by atoms with Crippen molar-refractivity contribution < 1.29 is 0 Å². The lowest BCUT2D eigenvalue weighted by molar-refractivity contribution is 0.121. The highest BCUT2D eigenvalue weighted by Gasteiger charge is 2.67. The molecule has 0 heteroatoms. The average molecular weight is 124 g/mol. The van der Waals surface area contributed by atoms with Gasteiger partial charge < -0.3 is 0 Å². The molecule has 0 heterocycles. The van der Waals surface area contributed by atoms with E-state index in [4.69, 9.17) is 0 Å². The van der Waals surface area contributed by atoms with Crippen molar-refractivity contribution in [1.82, 2.24) is 0 Å². The molecule has 0 radical (unpaired) electrons. The third-order valence-corrected chi connectivity index (χ3v) is 3.95. The molecule has 2 atom stereocenters. The summed E-state index contributed by atoms with van der Waals surface area (Å²) in [5, 5.41) is 0. The van der Waals surface area contributed by atoms with E-state index in [1.54, 1.807) is 0 Å². The predicted molar refractivity (Wildman–Crippen MR) is 39.2 cm³/mol. The Balaban J connectivity index is 2.15. The minimum absolute atomic E-state index is 0.713. The van der Waals surface area contributed by atoms with Gasteiger partial charge in [-0.25, -0.2) is 0 Å². The Hall–Kier alpha value is 0. The van der Waals surface area contributed by atoms with Crippen molar-refractivity contribution in [1.29, 1.82) is 0 Å². The van der Waals surface area contributed by atoms with Crippen LogP contribution in [0.2, 0.25) is 0 Å². The van der Waals surface area contributed by atoms with E-state index in [1.807, 2.05) is 0 Å². The summed E-state index contributed by atoms with van der Waals surface area (Å²) in [7, 11) is 0. The van der Waals surface area contributed by atoms with Crippen LogP contribution in [0.15, 0.2) is 0 Å². The summed E-state index contributed by atoms with van der Waals surface area (Å²) in [6.45, 7) is 7.25. The summed E-state index contributed by atoms with van der Waals surface area (Å²) < 4.78 is 0. The molecule has 0 saturated heterocycles. The lowest BCUT2D eigenvalue weighted by Crippen LogP contribution is -2.29. The van der Waals surface area contributed by atoms with Crippen LogP contribution < -0.4 is 0 Å². The maximum atomic E-state index is 2.42. The van der Waals surface area contributed by atoms with Crippen molar-refractivity contribution in [3.8, 4) is 0 Å². The van der Waals surface area contributed by atoms with Crippen LogP contribution in [0.1, 0.15) is 40.0 Å². The van der Waals surface area contributed by atoms with Gasteiger partial charge in [0.25, 0.3) is 0 Å². The molecule has 0 aromatic carbocycles. The van der Waals surface area contributed by atoms with Gasteiger partial charge in [-0.3, -0.25) is 0 Å². The molecule has 0 bridgehead atoms. The molecule has 0 N–H and O–H groups in total. The van der Waals surface area contributed by atoms with Crippen LogP contribution in [0.5, 0.6) is 0 Å². The second-order valence-electron chi connectivity index (χ2n) is 4.66. The van der Waals surface area contributed by atoms with Crippen molar-refractivity contribution in [3.63, 3.8) is 0 Å². The highest BCUT2D eigenvalue weighted by atomic mass is 14.7. The molecule has 0 aromatic rings. The van der Waals surface area contributed by atoms with Crippen molar-refractivity contribution in [3.05, 3.63) is 0 Å². The molecule has 0 aliphatic heterocycles. The number of hydrogen-bond acceptors (Lipinski definition) is 0. The highest BCUT2D eigenvalue weighted by Crippen LogP contribution is 2.75. The Kier molecular flexibility index (Phi) is 0.774. The fraction of sp³-hybridized carbons (Fsp3) is 1.00. The second kappa shape index (κ2) is 1.21. The third-order valence-electron chi connectivity index (χ3n) is 3.95. The van der Waals surface area contributed by atoms with E-state index in [1.165, 1.54) is 19.3 Å². The van der Waals surface area contributed by atoms with Crippen LogP contribution >= 0.6 is 0 Å². The van der Waals surface area contributed by atoms with Gasteiger partial charge >= 0.3 is 0 Å². The fourth-order valence-corrected chi connectivity index (χ4v) is 2.79. The Bertz CT molecular complexity index is 146. The van der Waals surface area contributed by atoms with E-state index in [0.29, 0.717) is 5.41 Å². The van der Waals surface area contributed by atoms with Crippen molar-refractivity contribution in [2.45, 2.75) is 40.0 Å². The minimum atomic E-state index is 0.713. The largest absolute Gasteiger partial charge is 0.0620 e. The Morgan fingerprint density at radius 3 is 1.89 bits per heavy atom. The fourth-order valence-electron chi connectivity index (χ4n) is 2.79. The zero-order valence-corrected chi connectivity index (χ0v) is 6.70. The highest BCUT2D eigenvalue weighted by molar-refractivity contribution is 5.16. The molecular weight excluding hydrogens is 108 g/mol. The zero-order valence-electron chi connectivity index (χ0n) is 6.70. The minimum Gasteiger partial charge on any atom is -0.0620 e. The second-order valence-corrected chi connectivity index (χ2v) is 4.66. The van der Waals surface area contributed by atoms with Crippen LogP contribution in [0.3, 0.4) is 0 Å². The maximum Gasteiger partial charge on any atom is -0.0215 e. The monoisotopic (exact) mass is 124 g/mol. The molecule has 2 saturated carbocycles. The molecule has 0 amide bonds. The van der Waals surface area contributed by atoms with E-state index in [0.717, 1.165) is 11.3 Å². The van der Waals surface area contributed by atoms with Gasteiger partial charge in [0.2, 0.25) is 0 Å². The van der Waals surface area contributed by atoms with E-state index >= 15 is 0 Å². The Labute approximate surface area is 57.6 Å². The molecule has 2 aliphatic carbocycles. The summed E-state index contributed by atoms with van der Waals surface area (Å²) in [6, 6.07) is 0. The molecule has 2 fully saturated rings. The van der Waals surface area contributed by atoms with Crippen LogP contribution in [0.4, 0.5) is 0 Å². The first-order valence-electron chi connectivity index (χ1n) is 4.08. The summed E-state index contributed by atoms with van der Waals surface area (Å²) in [6.07, 6.45) is 4.51. The van der Waals surface area contributed by atoms with Crippen molar-refractivity contribution in [2.75, 3.05) is 0 Å². The average Bonchev–Trinajstić information content (AvgIpc) is 2.34. The quantitative estimate of drug-likeness (QED) is 0.466. The normalized spacial score (nSPS) is 53.0. The van der Waals surface area contributed by atoms with Gasteiger partial charge in [0.05, 0.1) is 0 Å². The van der Waals surface area contributed by atoms with Gasteiger partial charge in [-0.05, 0) is 36.0 Å². The molecule has 52 valence electrons. The van der Waals surface area contributed by atoms with E-state index in [-0.39, 0.29) is 0 Å². The summed E-state index contributed by atoms with van der Waals surface area (Å²) >= 11 is 0. The standard InChI is InChI=1S/C9H16/c1-7-4-5-9(7)6-8(9,2)3/h7H,4-6H2,1-3H3. The first kappa shape index (κ1) is 5.76. The summed E-state index contributed by atoms with van der Waals surface area (Å²) in [5.41, 5.74) is 1.54. The number of hydrogen-bond donors (Lipinski definition) is 0. The number of rotatable bonds is 0. The lowest BCUT2D eigenvalue weighted by Gasteiger charge is -2.37. The molecule has 0 nitrogen and oxygen atoms in total. The molecule has 0 aromatic heterocycles. The van der Waals surface area contributed by atoms with Gasteiger partial charge in [-0.1, -0.05) is 20.8 Å². The van der Waals surface area contributed by atoms with E-state index in [9.17, 15) is 0 Å². The predicted octanol–water partition coefficient (Wildman–Crippen LogP) is 2.83. The van der Waals surface area contributed by atoms with Crippen LogP contribution in [-0.4, -0.2) is 0 Å². The van der Waals surface area contributed by atoms with Crippen LogP contribution in [-0.2, 0) is 0 Å².